The lowest BCUT2D eigenvalue weighted by Gasteiger charge is -2.26. The molecular formula is C18H23ClN2. The van der Waals surface area contributed by atoms with Crippen molar-refractivity contribution in [1.82, 2.24) is 10.3 Å². The highest BCUT2D eigenvalue weighted by molar-refractivity contribution is 6.31. The van der Waals surface area contributed by atoms with Gasteiger partial charge in [-0.05, 0) is 49.2 Å². The molecule has 0 aliphatic carbocycles. The number of aryl methyl sites for hydroxylation is 1. The Morgan fingerprint density at radius 1 is 1.24 bits per heavy atom. The summed E-state index contributed by atoms with van der Waals surface area (Å²) in [6, 6.07) is 12.6. The Morgan fingerprint density at radius 3 is 2.67 bits per heavy atom. The van der Waals surface area contributed by atoms with Gasteiger partial charge in [-0.15, -0.1) is 0 Å². The molecule has 112 valence electrons. The summed E-state index contributed by atoms with van der Waals surface area (Å²) >= 11 is 6.30. The number of halogens is 1. The van der Waals surface area contributed by atoms with Gasteiger partial charge in [-0.2, -0.15) is 0 Å². The molecule has 0 fully saturated rings. The van der Waals surface area contributed by atoms with Crippen LogP contribution in [0.3, 0.4) is 0 Å². The Labute approximate surface area is 132 Å². The van der Waals surface area contributed by atoms with E-state index in [0.717, 1.165) is 29.2 Å². The number of nitrogens with zero attached hydrogens (tertiary/aromatic N) is 1. The molecule has 1 N–H and O–H groups in total. The fourth-order valence-corrected chi connectivity index (χ4v) is 2.69. The maximum Gasteiger partial charge on any atom is 0.0450 e. The number of hydrogen-bond donors (Lipinski definition) is 1. The van der Waals surface area contributed by atoms with Gasteiger partial charge >= 0.3 is 0 Å². The first-order valence-corrected chi connectivity index (χ1v) is 7.91. The van der Waals surface area contributed by atoms with Crippen molar-refractivity contribution in [3.05, 3.63) is 64.4 Å². The first kappa shape index (κ1) is 16.0. The standard InChI is InChI=1S/C18H23ClN2/c1-4-10-21-18(14(3)17-7-5-6-11-20-17)15-9-8-13(2)16(19)12-15/h5-9,11-12,14,18,21H,4,10H2,1-3H3. The van der Waals surface area contributed by atoms with Crippen LogP contribution in [-0.4, -0.2) is 11.5 Å². The van der Waals surface area contributed by atoms with Crippen molar-refractivity contribution in [3.63, 3.8) is 0 Å². The minimum Gasteiger partial charge on any atom is -0.309 e. The molecule has 0 radical (unpaired) electrons. The summed E-state index contributed by atoms with van der Waals surface area (Å²) in [6.07, 6.45) is 2.95. The first-order chi connectivity index (χ1) is 10.1. The van der Waals surface area contributed by atoms with Gasteiger partial charge in [-0.3, -0.25) is 4.98 Å². The fourth-order valence-electron chi connectivity index (χ4n) is 2.50. The van der Waals surface area contributed by atoms with Gasteiger partial charge in [-0.1, -0.05) is 43.6 Å². The van der Waals surface area contributed by atoms with E-state index < -0.39 is 0 Å². The molecule has 3 heteroatoms. The Kier molecular flexibility index (Phi) is 5.77. The molecule has 2 nitrogen and oxygen atoms in total. The quantitative estimate of drug-likeness (QED) is 0.822. The van der Waals surface area contributed by atoms with Crippen molar-refractivity contribution in [2.75, 3.05) is 6.54 Å². The highest BCUT2D eigenvalue weighted by Crippen LogP contribution is 2.31. The summed E-state index contributed by atoms with van der Waals surface area (Å²) in [5, 5.41) is 4.46. The van der Waals surface area contributed by atoms with Gasteiger partial charge in [0, 0.05) is 28.9 Å². The summed E-state index contributed by atoms with van der Waals surface area (Å²) in [7, 11) is 0. The van der Waals surface area contributed by atoms with Gasteiger partial charge in [0.1, 0.15) is 0 Å². The van der Waals surface area contributed by atoms with Crippen LogP contribution in [0.15, 0.2) is 42.6 Å². The Balaban J connectivity index is 2.31. The van der Waals surface area contributed by atoms with Crippen LogP contribution in [-0.2, 0) is 0 Å². The minimum absolute atomic E-state index is 0.220. The zero-order valence-electron chi connectivity index (χ0n) is 12.9. The van der Waals surface area contributed by atoms with Crippen LogP contribution in [0.2, 0.25) is 5.02 Å². The van der Waals surface area contributed by atoms with Gasteiger partial charge in [-0.25, -0.2) is 0 Å². The van der Waals surface area contributed by atoms with Crippen LogP contribution < -0.4 is 5.32 Å². The second kappa shape index (κ2) is 7.58. The maximum atomic E-state index is 6.30. The summed E-state index contributed by atoms with van der Waals surface area (Å²) in [5.74, 6) is 0.288. The summed E-state index contributed by atoms with van der Waals surface area (Å²) in [4.78, 5) is 4.50. The van der Waals surface area contributed by atoms with Crippen molar-refractivity contribution >= 4 is 11.6 Å². The molecular weight excluding hydrogens is 280 g/mol. The van der Waals surface area contributed by atoms with Gasteiger partial charge in [0.25, 0.3) is 0 Å². The van der Waals surface area contributed by atoms with Crippen LogP contribution >= 0.6 is 11.6 Å². The summed E-state index contributed by atoms with van der Waals surface area (Å²) in [5.41, 5.74) is 3.43. The van der Waals surface area contributed by atoms with Gasteiger partial charge in [0.05, 0.1) is 0 Å². The Hall–Kier alpha value is -1.38. The molecule has 0 aliphatic rings. The lowest BCUT2D eigenvalue weighted by molar-refractivity contribution is 0.460. The van der Waals surface area contributed by atoms with Crippen molar-refractivity contribution in [1.29, 1.82) is 0 Å². The number of hydrogen-bond acceptors (Lipinski definition) is 2. The van der Waals surface area contributed by atoms with Crippen LogP contribution in [0.5, 0.6) is 0 Å². The highest BCUT2D eigenvalue weighted by atomic mass is 35.5. The summed E-state index contributed by atoms with van der Waals surface area (Å²) < 4.78 is 0. The highest BCUT2D eigenvalue weighted by Gasteiger charge is 2.21. The molecule has 0 bridgehead atoms. The van der Waals surface area contributed by atoms with Crippen molar-refractivity contribution < 1.29 is 0 Å². The van der Waals surface area contributed by atoms with E-state index in [9.17, 15) is 0 Å². The zero-order chi connectivity index (χ0) is 15.2. The fraction of sp³-hybridized carbons (Fsp3) is 0.389. The molecule has 0 amide bonds. The van der Waals surface area contributed by atoms with Crippen LogP contribution in [0.1, 0.15) is 49.0 Å². The summed E-state index contributed by atoms with van der Waals surface area (Å²) in [6.45, 7) is 7.40. The smallest absolute Gasteiger partial charge is 0.0450 e. The molecule has 2 rings (SSSR count). The molecule has 0 aliphatic heterocycles. The molecule has 2 aromatic rings. The first-order valence-electron chi connectivity index (χ1n) is 7.53. The lowest BCUT2D eigenvalue weighted by Crippen LogP contribution is -2.27. The monoisotopic (exact) mass is 302 g/mol. The van der Waals surface area contributed by atoms with Crippen molar-refractivity contribution in [2.45, 2.75) is 39.2 Å². The van der Waals surface area contributed by atoms with E-state index in [4.69, 9.17) is 11.6 Å². The van der Waals surface area contributed by atoms with Crippen LogP contribution in [0.25, 0.3) is 0 Å². The average molecular weight is 303 g/mol. The van der Waals surface area contributed by atoms with Crippen molar-refractivity contribution in [2.24, 2.45) is 0 Å². The van der Waals surface area contributed by atoms with E-state index in [0.29, 0.717) is 0 Å². The van der Waals surface area contributed by atoms with Gasteiger partial charge in [0.15, 0.2) is 0 Å². The SMILES string of the molecule is CCCNC(c1ccc(C)c(Cl)c1)C(C)c1ccccn1. The second-order valence-corrected chi connectivity index (χ2v) is 5.89. The average Bonchev–Trinajstić information content (AvgIpc) is 2.51. The molecule has 2 atom stereocenters. The van der Waals surface area contributed by atoms with E-state index >= 15 is 0 Å². The Morgan fingerprint density at radius 2 is 2.05 bits per heavy atom. The number of rotatable bonds is 6. The number of pyridine rings is 1. The molecule has 1 aromatic heterocycles. The molecule has 1 aromatic carbocycles. The van der Waals surface area contributed by atoms with Crippen molar-refractivity contribution in [3.8, 4) is 0 Å². The third-order valence-corrected chi connectivity index (χ3v) is 4.23. The molecule has 2 unspecified atom stereocenters. The topological polar surface area (TPSA) is 24.9 Å². The maximum absolute atomic E-state index is 6.30. The van der Waals surface area contributed by atoms with Crippen LogP contribution in [0, 0.1) is 6.92 Å². The predicted molar refractivity (Wildman–Crippen MR) is 89.9 cm³/mol. The normalized spacial score (nSPS) is 13.9. The third kappa shape index (κ3) is 4.05. The predicted octanol–water partition coefficient (Wildman–Crippen LogP) is 4.89. The molecule has 21 heavy (non-hydrogen) atoms. The van der Waals surface area contributed by atoms with Crippen LogP contribution in [0.4, 0.5) is 0 Å². The zero-order valence-corrected chi connectivity index (χ0v) is 13.7. The lowest BCUT2D eigenvalue weighted by atomic mass is 9.91. The Bertz CT molecular complexity index is 569. The van der Waals surface area contributed by atoms with E-state index in [2.05, 4.69) is 48.4 Å². The largest absolute Gasteiger partial charge is 0.309 e. The van der Waals surface area contributed by atoms with E-state index in [1.165, 1.54) is 5.56 Å². The van der Waals surface area contributed by atoms with E-state index in [1.807, 2.05) is 25.3 Å². The molecule has 0 saturated carbocycles. The van der Waals surface area contributed by atoms with E-state index in [1.54, 1.807) is 0 Å². The third-order valence-electron chi connectivity index (χ3n) is 3.82. The van der Waals surface area contributed by atoms with E-state index in [-0.39, 0.29) is 12.0 Å². The number of benzene rings is 1. The number of nitrogens with one attached hydrogen (secondary N) is 1. The molecule has 1 heterocycles. The minimum atomic E-state index is 0.220. The van der Waals surface area contributed by atoms with Gasteiger partial charge in [0.2, 0.25) is 0 Å². The molecule has 0 spiro atoms. The van der Waals surface area contributed by atoms with Gasteiger partial charge < -0.3 is 5.32 Å². The second-order valence-electron chi connectivity index (χ2n) is 5.48. The number of aromatic nitrogens is 1. The molecule has 0 saturated heterocycles.